The number of phenols is 2. The predicted molar refractivity (Wildman–Crippen MR) is 227 cm³/mol. The monoisotopic (exact) mass is 927 g/mol. The lowest BCUT2D eigenvalue weighted by atomic mass is 10.1. The standard InChI is InChI=1S/C8H10O3.C6H12N6O3.C6H6O.C3H6N6.C3H8N2O3.CH4N2O.3CH2O.CH4.3H2O/c9-4-6-2-1-3-7(5-10)8(6)11;13-1-7-4-10-5(8-2-14)12-6(11-4)9-3-15;7-6-4-2-1-3-5-6;4-1-7-2(5)9-3(6)8-1;6-1-4-3(8)5-2-7;2-1(3)4;3*1-2;;;;/h1-3,9-11H,4-5H2;13-15H,1-3H2,(H3,7,8,9,10,11,12);1-5,7H;(H6,4,5,6,7,8,9);6-7H,1-2H2,(H2,4,5,8);(H4,2,3,4);3*1H2;1H4;3*1H2/p-3. The number of nitrogens with one attached hydrogen (secondary N) is 5. The maximum Gasteiger partial charge on any atom is 0.318 e. The van der Waals surface area contributed by atoms with E-state index in [0.717, 1.165) is 0 Å². The number of urea groups is 2. The van der Waals surface area contributed by atoms with Gasteiger partial charge in [0.15, 0.2) is 0 Å². The van der Waals surface area contributed by atoms with Crippen molar-refractivity contribution in [3.05, 3.63) is 59.7 Å². The SMILES string of the molecule is C.C=O.C=O.C=O.NC(N)=O.Nc1nc(N)nc(N)n1.O=C(NCO)NCO.OCNc1nc(NCO)nc(NCO)n1.OCc1cccc(CO)c1O.Oc1ccccc1.[OH-].[OH-].[OH-]. The molecule has 0 atom stereocenters. The maximum absolute atomic E-state index is 10.1. The molecular weight excluding hydrogens is 868 g/mol. The summed E-state index contributed by atoms with van der Waals surface area (Å²) in [5.41, 5.74) is 24.8. The Morgan fingerprint density at radius 1 is 0.500 bits per heavy atom. The van der Waals surface area contributed by atoms with Gasteiger partial charge in [-0.3, -0.25) is 0 Å². The smallest absolute Gasteiger partial charge is 0.318 e. The van der Waals surface area contributed by atoms with E-state index in [1.807, 2.05) is 37.1 Å². The topological polar surface area (TPSA) is 625 Å². The molecule has 0 bridgehead atoms. The fourth-order valence-electron chi connectivity index (χ4n) is 2.79. The molecule has 0 saturated carbocycles. The number of primary amides is 2. The van der Waals surface area contributed by atoms with Crippen molar-refractivity contribution in [2.24, 2.45) is 11.5 Å². The van der Waals surface area contributed by atoms with Crippen LogP contribution in [0.4, 0.5) is 45.3 Å². The first-order valence-electron chi connectivity index (χ1n) is 15.4. The van der Waals surface area contributed by atoms with Crippen molar-refractivity contribution in [3.63, 3.8) is 0 Å². The van der Waals surface area contributed by atoms with Crippen molar-refractivity contribution in [3.8, 4) is 11.5 Å². The third kappa shape index (κ3) is 46.7. The first-order valence-corrected chi connectivity index (χ1v) is 15.4. The molecule has 0 fully saturated rings. The number of para-hydroxylation sites is 2. The zero-order valence-electron chi connectivity index (χ0n) is 33.2. The lowest BCUT2D eigenvalue weighted by Crippen LogP contribution is -2.36. The number of carbonyl (C=O) groups excluding carboxylic acids is 5. The number of aliphatic hydroxyl groups is 7. The highest BCUT2D eigenvalue weighted by Crippen LogP contribution is 2.21. The molecule has 0 saturated heterocycles. The molecule has 368 valence electrons. The van der Waals surface area contributed by atoms with E-state index in [2.05, 4.69) is 57.3 Å². The van der Waals surface area contributed by atoms with Crippen LogP contribution in [-0.2, 0) is 27.6 Å². The van der Waals surface area contributed by atoms with E-state index in [4.69, 9.17) is 77.2 Å². The normalized spacial score (nSPS) is 7.86. The van der Waals surface area contributed by atoms with Crippen LogP contribution in [0.15, 0.2) is 48.5 Å². The third-order valence-corrected chi connectivity index (χ3v) is 4.81. The summed E-state index contributed by atoms with van der Waals surface area (Å²) in [6.07, 6.45) is 0. The molecule has 0 unspecified atom stereocenters. The number of benzene rings is 2. The highest BCUT2D eigenvalue weighted by Gasteiger charge is 2.05. The summed E-state index contributed by atoms with van der Waals surface area (Å²) in [7, 11) is 0. The summed E-state index contributed by atoms with van der Waals surface area (Å²) >= 11 is 0. The van der Waals surface area contributed by atoms with Gasteiger partial charge in [0, 0.05) is 11.1 Å². The number of aliphatic hydroxyl groups excluding tert-OH is 7. The highest BCUT2D eigenvalue weighted by molar-refractivity contribution is 5.73. The van der Waals surface area contributed by atoms with Gasteiger partial charge in [0.25, 0.3) is 0 Å². The van der Waals surface area contributed by atoms with Crippen LogP contribution < -0.4 is 55.3 Å². The van der Waals surface area contributed by atoms with Gasteiger partial charge < -0.3 is 132 Å². The number of anilines is 6. The van der Waals surface area contributed by atoms with Crippen molar-refractivity contribution in [1.29, 1.82) is 0 Å². The Morgan fingerprint density at radius 2 is 0.781 bits per heavy atom. The number of aromatic hydroxyl groups is 2. The third-order valence-electron chi connectivity index (χ3n) is 4.81. The maximum atomic E-state index is 10.1. The van der Waals surface area contributed by atoms with Crippen LogP contribution in [0.25, 0.3) is 0 Å². The Hall–Kier alpha value is -7.99. The zero-order valence-corrected chi connectivity index (χ0v) is 33.2. The second-order valence-electron chi connectivity index (χ2n) is 8.70. The first kappa shape index (κ1) is 76.7. The fraction of sp³-hybridized carbons (Fsp3) is 0.258. The molecule has 0 aliphatic carbocycles. The molecule has 0 aliphatic rings. The number of phenolic OH excluding ortho intramolecular Hbond substituents is 1. The van der Waals surface area contributed by atoms with Crippen molar-refractivity contribution in [2.75, 3.05) is 66.8 Å². The van der Waals surface area contributed by atoms with Crippen LogP contribution in [0.3, 0.4) is 0 Å². The molecule has 2 aromatic carbocycles. The van der Waals surface area contributed by atoms with E-state index in [-0.39, 0.29) is 98.7 Å². The Kier molecular flexibility index (Phi) is 65.9. The number of nitrogen functional groups attached to an aromatic ring is 3. The number of rotatable bonds is 10. The summed E-state index contributed by atoms with van der Waals surface area (Å²) in [5.74, 6) is 0.804. The van der Waals surface area contributed by atoms with Crippen molar-refractivity contribution < 1.29 is 86.4 Å². The molecular formula is C31H59N16O17-3. The summed E-state index contributed by atoms with van der Waals surface area (Å²) < 4.78 is 0. The van der Waals surface area contributed by atoms with Crippen LogP contribution in [0.1, 0.15) is 18.6 Å². The molecule has 0 aliphatic heterocycles. The van der Waals surface area contributed by atoms with Crippen LogP contribution in [0.2, 0.25) is 0 Å². The van der Waals surface area contributed by atoms with Crippen molar-refractivity contribution >= 4 is 68.1 Å². The number of hydrogen-bond acceptors (Lipinski definition) is 29. The minimum Gasteiger partial charge on any atom is -0.870 e. The summed E-state index contributed by atoms with van der Waals surface area (Å²) in [6, 6.07) is 12.2. The summed E-state index contributed by atoms with van der Waals surface area (Å²) in [6.45, 7) is 3.74. The van der Waals surface area contributed by atoms with Gasteiger partial charge in [-0.05, 0) is 12.1 Å². The number of nitrogens with two attached hydrogens (primary N) is 5. The molecule has 4 aromatic rings. The lowest BCUT2D eigenvalue weighted by Gasteiger charge is -2.07. The number of hydrogen-bond donors (Lipinski definition) is 19. The Morgan fingerprint density at radius 3 is 0.984 bits per heavy atom. The summed E-state index contributed by atoms with van der Waals surface area (Å²) in [5, 5.41) is 88.5. The number of nitrogens with zero attached hydrogens (tertiary/aromatic N) is 6. The predicted octanol–water partition coefficient (Wildman–Crippen LogP) is -4.90. The van der Waals surface area contributed by atoms with E-state index in [1.165, 1.54) is 0 Å². The van der Waals surface area contributed by atoms with E-state index >= 15 is 0 Å². The van der Waals surface area contributed by atoms with Crippen LogP contribution in [-0.4, -0.2) is 158 Å². The molecule has 33 heteroatoms. The second kappa shape index (κ2) is 55.0. The van der Waals surface area contributed by atoms with Crippen LogP contribution >= 0.6 is 0 Å². The average Bonchev–Trinajstić information content (AvgIpc) is 3.21. The van der Waals surface area contributed by atoms with Crippen LogP contribution in [0, 0.1) is 0 Å². The second-order valence-corrected chi connectivity index (χ2v) is 8.70. The van der Waals surface area contributed by atoms with Gasteiger partial charge >= 0.3 is 12.1 Å². The molecule has 4 rings (SSSR count). The lowest BCUT2D eigenvalue weighted by molar-refractivity contribution is -0.0987. The largest absolute Gasteiger partial charge is 0.870 e. The van der Waals surface area contributed by atoms with Gasteiger partial charge in [0.1, 0.15) is 65.5 Å². The van der Waals surface area contributed by atoms with Gasteiger partial charge in [-0.1, -0.05) is 43.8 Å². The van der Waals surface area contributed by atoms with Crippen molar-refractivity contribution in [1.82, 2.24) is 40.5 Å². The van der Waals surface area contributed by atoms with E-state index < -0.39 is 25.5 Å². The average molecular weight is 928 g/mol. The Balaban J connectivity index is -0.0000000804. The zero-order chi connectivity index (χ0) is 47.3. The molecule has 0 radical (unpaired) electrons. The Labute approximate surface area is 365 Å². The minimum atomic E-state index is -0.833. The van der Waals surface area contributed by atoms with Gasteiger partial charge in [-0.2, -0.15) is 29.9 Å². The number of aromatic nitrogens is 6. The number of carbonyl (C=O) groups is 5. The molecule has 33 nitrogen and oxygen atoms in total. The van der Waals surface area contributed by atoms with Gasteiger partial charge in [-0.15, -0.1) is 0 Å². The minimum absolute atomic E-state index is 0. The van der Waals surface area contributed by atoms with Gasteiger partial charge in [-0.25, -0.2) is 9.59 Å². The molecule has 27 N–H and O–H groups in total. The molecule has 4 amide bonds. The quantitative estimate of drug-likeness (QED) is 0.0663. The van der Waals surface area contributed by atoms with E-state index in [1.54, 1.807) is 42.5 Å². The summed E-state index contributed by atoms with van der Waals surface area (Å²) in [4.78, 5) is 65.0. The van der Waals surface area contributed by atoms with Crippen LogP contribution in [0.5, 0.6) is 11.5 Å². The highest BCUT2D eigenvalue weighted by atomic mass is 16.3. The number of amides is 4. The van der Waals surface area contributed by atoms with Gasteiger partial charge in [0.2, 0.25) is 35.7 Å². The van der Waals surface area contributed by atoms with E-state index in [0.29, 0.717) is 16.9 Å². The van der Waals surface area contributed by atoms with Gasteiger partial charge in [0.05, 0.1) is 13.2 Å². The van der Waals surface area contributed by atoms with Crippen molar-refractivity contribution in [2.45, 2.75) is 20.6 Å². The first-order chi connectivity index (χ1) is 28.7. The van der Waals surface area contributed by atoms with E-state index in [9.17, 15) is 9.90 Å². The molecule has 64 heavy (non-hydrogen) atoms. The Bertz CT molecular complexity index is 1510. The molecule has 2 heterocycles. The molecule has 2 aromatic heterocycles. The molecule has 0 spiro atoms. The fourth-order valence-corrected chi connectivity index (χ4v) is 2.79.